The van der Waals surface area contributed by atoms with E-state index in [4.69, 9.17) is 4.74 Å². The van der Waals surface area contributed by atoms with Crippen LogP contribution in [0.3, 0.4) is 0 Å². The van der Waals surface area contributed by atoms with Crippen molar-refractivity contribution in [2.75, 3.05) is 13.2 Å². The Kier molecular flexibility index (Phi) is 4.02. The molecular formula is C16H14F3NO3. The fourth-order valence-corrected chi connectivity index (χ4v) is 2.61. The van der Waals surface area contributed by atoms with Gasteiger partial charge in [0.1, 0.15) is 18.1 Å². The molecule has 122 valence electrons. The lowest BCUT2D eigenvalue weighted by Crippen LogP contribution is -2.30. The van der Waals surface area contributed by atoms with E-state index < -0.39 is 12.3 Å². The number of rotatable bonds is 2. The zero-order chi connectivity index (χ0) is 16.4. The van der Waals surface area contributed by atoms with Gasteiger partial charge >= 0.3 is 6.36 Å². The number of hydrogen-bond acceptors (Lipinski definition) is 3. The number of fused-ring (bicyclic) bond motifs is 1. The standard InChI is InChI=1S/C16H14F3NO3/c17-16(18,19)23-12-4-1-10(2-5-12)11-3-6-14-13(9-11)15(21)20-7-8-22-14/h1-6,13H,7-9H2,(H,20,21). The summed E-state index contributed by atoms with van der Waals surface area (Å²) in [4.78, 5) is 12.0. The second-order valence-electron chi connectivity index (χ2n) is 5.23. The average Bonchev–Trinajstić information content (AvgIpc) is 2.68. The van der Waals surface area contributed by atoms with E-state index in [1.165, 1.54) is 12.1 Å². The molecule has 2 aliphatic rings. The Labute approximate surface area is 130 Å². The number of carbonyl (C=O) groups is 1. The monoisotopic (exact) mass is 325 g/mol. The van der Waals surface area contributed by atoms with E-state index in [1.807, 2.05) is 6.08 Å². The molecule has 0 radical (unpaired) electrons. The van der Waals surface area contributed by atoms with Gasteiger partial charge in [-0.2, -0.15) is 0 Å². The quantitative estimate of drug-likeness (QED) is 0.909. The molecule has 1 N–H and O–H groups in total. The number of halogens is 3. The minimum absolute atomic E-state index is 0.101. The van der Waals surface area contributed by atoms with Gasteiger partial charge in [0.15, 0.2) is 0 Å². The summed E-state index contributed by atoms with van der Waals surface area (Å²) in [5.41, 5.74) is 1.60. The highest BCUT2D eigenvalue weighted by Crippen LogP contribution is 2.34. The van der Waals surface area contributed by atoms with Gasteiger partial charge in [-0.05, 0) is 35.8 Å². The predicted molar refractivity (Wildman–Crippen MR) is 76.3 cm³/mol. The number of benzene rings is 1. The maximum atomic E-state index is 12.2. The summed E-state index contributed by atoms with van der Waals surface area (Å²) in [6.07, 6.45) is -0.700. The molecule has 7 heteroatoms. The highest BCUT2D eigenvalue weighted by molar-refractivity contribution is 5.85. The first-order valence-corrected chi connectivity index (χ1v) is 7.10. The van der Waals surface area contributed by atoms with E-state index in [2.05, 4.69) is 10.1 Å². The molecule has 0 aromatic heterocycles. The van der Waals surface area contributed by atoms with E-state index in [9.17, 15) is 18.0 Å². The largest absolute Gasteiger partial charge is 0.573 e. The molecule has 1 unspecified atom stereocenters. The van der Waals surface area contributed by atoms with Gasteiger partial charge in [0, 0.05) is 0 Å². The fraction of sp³-hybridized carbons (Fsp3) is 0.312. The van der Waals surface area contributed by atoms with E-state index >= 15 is 0 Å². The molecule has 1 saturated heterocycles. The minimum Gasteiger partial charge on any atom is -0.495 e. The highest BCUT2D eigenvalue weighted by atomic mass is 19.4. The van der Waals surface area contributed by atoms with E-state index in [-0.39, 0.29) is 11.7 Å². The first-order valence-electron chi connectivity index (χ1n) is 7.10. The first-order chi connectivity index (χ1) is 10.9. The highest BCUT2D eigenvalue weighted by Gasteiger charge is 2.32. The zero-order valence-corrected chi connectivity index (χ0v) is 12.0. The van der Waals surface area contributed by atoms with Crippen LogP contribution in [0.5, 0.6) is 5.75 Å². The van der Waals surface area contributed by atoms with Gasteiger partial charge in [0.05, 0.1) is 12.5 Å². The van der Waals surface area contributed by atoms with Crippen molar-refractivity contribution in [2.24, 2.45) is 5.92 Å². The van der Waals surface area contributed by atoms with Crippen molar-refractivity contribution in [3.8, 4) is 5.75 Å². The van der Waals surface area contributed by atoms with Gasteiger partial charge in [-0.15, -0.1) is 13.2 Å². The van der Waals surface area contributed by atoms with Crippen LogP contribution in [0.1, 0.15) is 12.0 Å². The van der Waals surface area contributed by atoms with Crippen LogP contribution >= 0.6 is 0 Å². The Morgan fingerprint density at radius 2 is 1.91 bits per heavy atom. The molecule has 1 aliphatic heterocycles. The Morgan fingerprint density at radius 1 is 1.17 bits per heavy atom. The summed E-state index contributed by atoms with van der Waals surface area (Å²) in [5.74, 6) is -0.148. The lowest BCUT2D eigenvalue weighted by Gasteiger charge is -2.21. The number of alkyl halides is 3. The maximum Gasteiger partial charge on any atom is 0.573 e. The van der Waals surface area contributed by atoms with E-state index in [0.717, 1.165) is 11.1 Å². The summed E-state index contributed by atoms with van der Waals surface area (Å²) < 4.78 is 45.9. The molecule has 0 saturated carbocycles. The third-order valence-electron chi connectivity index (χ3n) is 3.66. The van der Waals surface area contributed by atoms with Crippen LogP contribution in [0.15, 0.2) is 42.2 Å². The number of amides is 1. The third-order valence-corrected chi connectivity index (χ3v) is 3.66. The van der Waals surface area contributed by atoms with Crippen molar-refractivity contribution in [1.29, 1.82) is 0 Å². The van der Waals surface area contributed by atoms with Crippen molar-refractivity contribution in [2.45, 2.75) is 12.8 Å². The summed E-state index contributed by atoms with van der Waals surface area (Å²) in [6, 6.07) is 5.60. The number of allylic oxidation sites excluding steroid dienone is 3. The van der Waals surface area contributed by atoms with Crippen molar-refractivity contribution < 1.29 is 27.4 Å². The molecule has 3 rings (SSSR count). The van der Waals surface area contributed by atoms with Crippen LogP contribution < -0.4 is 10.1 Å². The normalized spacial score (nSPS) is 21.2. The SMILES string of the molecule is O=C1NCCOC2=CC=C(c3ccc(OC(F)(F)F)cc3)CC12. The number of ether oxygens (including phenoxy) is 2. The maximum absolute atomic E-state index is 12.2. The smallest absolute Gasteiger partial charge is 0.495 e. The summed E-state index contributed by atoms with van der Waals surface area (Å²) in [5, 5.41) is 2.77. The summed E-state index contributed by atoms with van der Waals surface area (Å²) >= 11 is 0. The lowest BCUT2D eigenvalue weighted by molar-refractivity contribution is -0.274. The molecule has 0 bridgehead atoms. The van der Waals surface area contributed by atoms with Gasteiger partial charge in [-0.3, -0.25) is 4.79 Å². The number of carbonyl (C=O) groups excluding carboxylic acids is 1. The van der Waals surface area contributed by atoms with Crippen molar-refractivity contribution >= 4 is 11.5 Å². The fourth-order valence-electron chi connectivity index (χ4n) is 2.61. The Bertz CT molecular complexity index is 662. The van der Waals surface area contributed by atoms with E-state index in [0.29, 0.717) is 25.3 Å². The number of nitrogens with one attached hydrogen (secondary N) is 1. The predicted octanol–water partition coefficient (Wildman–Crippen LogP) is 3.02. The minimum atomic E-state index is -4.71. The van der Waals surface area contributed by atoms with E-state index in [1.54, 1.807) is 18.2 Å². The second-order valence-corrected chi connectivity index (χ2v) is 5.23. The third kappa shape index (κ3) is 3.67. The number of hydrogen-bond donors (Lipinski definition) is 1. The lowest BCUT2D eigenvalue weighted by atomic mass is 9.88. The molecule has 1 atom stereocenters. The van der Waals surface area contributed by atoms with Crippen molar-refractivity contribution in [3.63, 3.8) is 0 Å². The Hall–Kier alpha value is -2.44. The van der Waals surface area contributed by atoms with Crippen LogP contribution in [0.4, 0.5) is 13.2 Å². The first kappa shape index (κ1) is 15.5. The second kappa shape index (κ2) is 5.98. The molecule has 4 nitrogen and oxygen atoms in total. The Morgan fingerprint density at radius 3 is 2.61 bits per heavy atom. The van der Waals surface area contributed by atoms with Gasteiger partial charge in [-0.1, -0.05) is 18.2 Å². The molecule has 1 aromatic carbocycles. The Balaban J connectivity index is 1.78. The molecule has 1 aromatic rings. The van der Waals surface area contributed by atoms with Crippen LogP contribution in [0.2, 0.25) is 0 Å². The molecular weight excluding hydrogens is 311 g/mol. The van der Waals surface area contributed by atoms with Crippen molar-refractivity contribution in [1.82, 2.24) is 5.32 Å². The molecule has 1 fully saturated rings. The molecule has 1 aliphatic carbocycles. The van der Waals surface area contributed by atoms with Gasteiger partial charge in [0.2, 0.25) is 5.91 Å². The molecule has 1 heterocycles. The van der Waals surface area contributed by atoms with Gasteiger partial charge < -0.3 is 14.8 Å². The summed E-state index contributed by atoms with van der Waals surface area (Å²) in [7, 11) is 0. The van der Waals surface area contributed by atoms with Crippen molar-refractivity contribution in [3.05, 3.63) is 47.7 Å². The van der Waals surface area contributed by atoms with Gasteiger partial charge in [0.25, 0.3) is 0 Å². The van der Waals surface area contributed by atoms with Crippen LogP contribution in [0, 0.1) is 5.92 Å². The summed E-state index contributed by atoms with van der Waals surface area (Å²) in [6.45, 7) is 0.895. The zero-order valence-electron chi connectivity index (χ0n) is 12.0. The topological polar surface area (TPSA) is 47.6 Å². The average molecular weight is 325 g/mol. The van der Waals surface area contributed by atoms with Gasteiger partial charge in [-0.25, -0.2) is 0 Å². The molecule has 23 heavy (non-hydrogen) atoms. The van der Waals surface area contributed by atoms with Crippen LogP contribution in [0.25, 0.3) is 5.57 Å². The van der Waals surface area contributed by atoms with Crippen LogP contribution in [-0.4, -0.2) is 25.4 Å². The molecule has 1 amide bonds. The van der Waals surface area contributed by atoms with Crippen LogP contribution in [-0.2, 0) is 9.53 Å². The molecule has 0 spiro atoms.